The van der Waals surface area contributed by atoms with Crippen LogP contribution >= 0.6 is 0 Å². The van der Waals surface area contributed by atoms with E-state index in [1.54, 1.807) is 24.5 Å². The van der Waals surface area contributed by atoms with Gasteiger partial charge in [0.05, 0.1) is 18.5 Å². The van der Waals surface area contributed by atoms with Crippen LogP contribution in [0.1, 0.15) is 12.8 Å². The Bertz CT molecular complexity index is 363. The van der Waals surface area contributed by atoms with Gasteiger partial charge in [0.15, 0.2) is 0 Å². The van der Waals surface area contributed by atoms with E-state index in [0.29, 0.717) is 12.2 Å². The molecule has 0 aliphatic heterocycles. The molecule has 3 N–H and O–H groups in total. The van der Waals surface area contributed by atoms with E-state index in [-0.39, 0.29) is 18.1 Å². The minimum Gasteiger partial charge on any atom is -0.396 e. The van der Waals surface area contributed by atoms with Gasteiger partial charge in [0, 0.05) is 18.2 Å². The van der Waals surface area contributed by atoms with Gasteiger partial charge in [-0.05, 0) is 25.0 Å². The standard InChI is InChI=1S/C11H15N3O2/c15-8-11(3-4-11)7-13-10(16)14-9-2-1-5-12-6-9/h1-2,5-6,15H,3-4,7-8H2,(H2,13,14,16). The first-order chi connectivity index (χ1) is 7.74. The number of carbonyl (C=O) groups excluding carboxylic acids is 1. The predicted octanol–water partition coefficient (Wildman–Crippen LogP) is 0.976. The number of anilines is 1. The summed E-state index contributed by atoms with van der Waals surface area (Å²) in [5.74, 6) is 0. The molecule has 1 aliphatic carbocycles. The Morgan fingerprint density at radius 3 is 2.94 bits per heavy atom. The number of carbonyl (C=O) groups is 1. The second-order valence-corrected chi connectivity index (χ2v) is 4.21. The highest BCUT2D eigenvalue weighted by molar-refractivity contribution is 5.88. The number of urea groups is 1. The fourth-order valence-corrected chi connectivity index (χ4v) is 1.45. The van der Waals surface area contributed by atoms with Crippen molar-refractivity contribution in [3.63, 3.8) is 0 Å². The molecule has 0 unspecified atom stereocenters. The number of hydrogen-bond acceptors (Lipinski definition) is 3. The van der Waals surface area contributed by atoms with Gasteiger partial charge in [0.1, 0.15) is 0 Å². The largest absolute Gasteiger partial charge is 0.396 e. The van der Waals surface area contributed by atoms with Crippen LogP contribution in [0.5, 0.6) is 0 Å². The molecule has 2 amide bonds. The third-order valence-electron chi connectivity index (χ3n) is 2.84. The Morgan fingerprint density at radius 2 is 2.38 bits per heavy atom. The van der Waals surface area contributed by atoms with Crippen molar-refractivity contribution in [1.29, 1.82) is 0 Å². The van der Waals surface area contributed by atoms with E-state index in [1.807, 2.05) is 0 Å². The van der Waals surface area contributed by atoms with Crippen molar-refractivity contribution in [3.8, 4) is 0 Å². The fourth-order valence-electron chi connectivity index (χ4n) is 1.45. The molecule has 0 saturated heterocycles. The number of nitrogens with one attached hydrogen (secondary N) is 2. The molecule has 0 atom stereocenters. The van der Waals surface area contributed by atoms with E-state index >= 15 is 0 Å². The first-order valence-corrected chi connectivity index (χ1v) is 5.30. The van der Waals surface area contributed by atoms with Crippen molar-refractivity contribution in [3.05, 3.63) is 24.5 Å². The van der Waals surface area contributed by atoms with Crippen LogP contribution in [0.15, 0.2) is 24.5 Å². The Morgan fingerprint density at radius 1 is 1.56 bits per heavy atom. The number of amides is 2. The average Bonchev–Trinajstić information content (AvgIpc) is 3.09. The van der Waals surface area contributed by atoms with Crippen LogP contribution in [-0.2, 0) is 0 Å². The van der Waals surface area contributed by atoms with Crippen molar-refractivity contribution >= 4 is 11.7 Å². The fraction of sp³-hybridized carbons (Fsp3) is 0.455. The van der Waals surface area contributed by atoms with Gasteiger partial charge in [-0.1, -0.05) is 0 Å². The lowest BCUT2D eigenvalue weighted by atomic mass is 10.1. The van der Waals surface area contributed by atoms with E-state index in [1.165, 1.54) is 0 Å². The maximum Gasteiger partial charge on any atom is 0.319 e. The Hall–Kier alpha value is -1.62. The molecule has 16 heavy (non-hydrogen) atoms. The van der Waals surface area contributed by atoms with E-state index in [4.69, 9.17) is 5.11 Å². The predicted molar refractivity (Wildman–Crippen MR) is 60.0 cm³/mol. The van der Waals surface area contributed by atoms with E-state index in [2.05, 4.69) is 15.6 Å². The monoisotopic (exact) mass is 221 g/mol. The Kier molecular flexibility index (Phi) is 3.05. The molecule has 5 heteroatoms. The maximum atomic E-state index is 11.5. The summed E-state index contributed by atoms with van der Waals surface area (Å²) in [5, 5.41) is 14.5. The van der Waals surface area contributed by atoms with Crippen molar-refractivity contribution in [2.24, 2.45) is 5.41 Å². The summed E-state index contributed by atoms with van der Waals surface area (Å²) in [4.78, 5) is 15.4. The smallest absolute Gasteiger partial charge is 0.319 e. The van der Waals surface area contributed by atoms with Crippen molar-refractivity contribution in [2.45, 2.75) is 12.8 Å². The minimum atomic E-state index is -0.257. The molecule has 5 nitrogen and oxygen atoms in total. The second kappa shape index (κ2) is 4.49. The van der Waals surface area contributed by atoms with Gasteiger partial charge in [-0.25, -0.2) is 4.79 Å². The topological polar surface area (TPSA) is 74.2 Å². The van der Waals surface area contributed by atoms with Crippen LogP contribution in [0, 0.1) is 5.41 Å². The number of aromatic nitrogens is 1. The van der Waals surface area contributed by atoms with Crippen LogP contribution in [0.4, 0.5) is 10.5 Å². The molecule has 1 fully saturated rings. The van der Waals surface area contributed by atoms with Gasteiger partial charge >= 0.3 is 6.03 Å². The summed E-state index contributed by atoms with van der Waals surface area (Å²) in [6.45, 7) is 0.662. The number of nitrogens with zero attached hydrogens (tertiary/aromatic N) is 1. The normalized spacial score (nSPS) is 16.6. The third kappa shape index (κ3) is 2.70. The van der Waals surface area contributed by atoms with Gasteiger partial charge in [-0.2, -0.15) is 0 Å². The summed E-state index contributed by atoms with van der Waals surface area (Å²) in [6.07, 6.45) is 5.19. The summed E-state index contributed by atoms with van der Waals surface area (Å²) in [5.41, 5.74) is 0.598. The molecule has 0 bridgehead atoms. The van der Waals surface area contributed by atoms with Gasteiger partial charge in [0.2, 0.25) is 0 Å². The molecule has 0 aromatic carbocycles. The van der Waals surface area contributed by atoms with Crippen LogP contribution in [0.2, 0.25) is 0 Å². The first kappa shape index (κ1) is 10.9. The van der Waals surface area contributed by atoms with Crippen LogP contribution in [0.3, 0.4) is 0 Å². The second-order valence-electron chi connectivity index (χ2n) is 4.21. The lowest BCUT2D eigenvalue weighted by molar-refractivity contribution is 0.206. The number of pyridine rings is 1. The number of aliphatic hydroxyl groups is 1. The summed E-state index contributed by atoms with van der Waals surface area (Å²) in [6, 6.07) is 3.27. The third-order valence-corrected chi connectivity index (χ3v) is 2.84. The minimum absolute atomic E-state index is 0.0632. The Labute approximate surface area is 93.9 Å². The Balaban J connectivity index is 1.77. The number of rotatable bonds is 4. The zero-order valence-electron chi connectivity index (χ0n) is 8.94. The summed E-state index contributed by atoms with van der Waals surface area (Å²) < 4.78 is 0. The molecule has 1 saturated carbocycles. The molecular formula is C11H15N3O2. The molecule has 0 spiro atoms. The first-order valence-electron chi connectivity index (χ1n) is 5.30. The number of hydrogen-bond donors (Lipinski definition) is 3. The molecule has 1 aliphatic rings. The molecule has 2 rings (SSSR count). The zero-order valence-corrected chi connectivity index (χ0v) is 8.94. The van der Waals surface area contributed by atoms with Gasteiger partial charge in [-0.3, -0.25) is 4.98 Å². The van der Waals surface area contributed by atoms with E-state index < -0.39 is 0 Å². The summed E-state index contributed by atoms with van der Waals surface area (Å²) >= 11 is 0. The zero-order chi connectivity index (χ0) is 11.4. The molecule has 1 aromatic heterocycles. The van der Waals surface area contributed by atoms with Crippen molar-refractivity contribution < 1.29 is 9.90 Å². The molecule has 0 radical (unpaired) electrons. The van der Waals surface area contributed by atoms with E-state index in [0.717, 1.165) is 12.8 Å². The highest BCUT2D eigenvalue weighted by Gasteiger charge is 2.42. The molecular weight excluding hydrogens is 206 g/mol. The van der Waals surface area contributed by atoms with Crippen molar-refractivity contribution in [1.82, 2.24) is 10.3 Å². The SMILES string of the molecule is O=C(NCC1(CO)CC1)Nc1cccnc1. The highest BCUT2D eigenvalue weighted by Crippen LogP contribution is 2.44. The average molecular weight is 221 g/mol. The molecule has 86 valence electrons. The van der Waals surface area contributed by atoms with Crippen molar-refractivity contribution in [2.75, 3.05) is 18.5 Å². The number of aliphatic hydroxyl groups excluding tert-OH is 1. The summed E-state index contributed by atoms with van der Waals surface area (Å²) in [7, 11) is 0. The van der Waals surface area contributed by atoms with E-state index in [9.17, 15) is 4.79 Å². The highest BCUT2D eigenvalue weighted by atomic mass is 16.3. The lowest BCUT2D eigenvalue weighted by Crippen LogP contribution is -2.35. The lowest BCUT2D eigenvalue weighted by Gasteiger charge is -2.13. The van der Waals surface area contributed by atoms with Crippen LogP contribution < -0.4 is 10.6 Å². The van der Waals surface area contributed by atoms with Gasteiger partial charge in [-0.15, -0.1) is 0 Å². The quantitative estimate of drug-likeness (QED) is 0.709. The molecule has 1 aromatic rings. The van der Waals surface area contributed by atoms with Gasteiger partial charge in [0.25, 0.3) is 0 Å². The maximum absolute atomic E-state index is 11.5. The molecule has 1 heterocycles. The van der Waals surface area contributed by atoms with Crippen LogP contribution in [0.25, 0.3) is 0 Å². The van der Waals surface area contributed by atoms with Gasteiger partial charge < -0.3 is 15.7 Å². The van der Waals surface area contributed by atoms with Crippen LogP contribution in [-0.4, -0.2) is 29.3 Å².